The van der Waals surface area contributed by atoms with Crippen molar-refractivity contribution in [2.75, 3.05) is 11.4 Å². The molecule has 0 atom stereocenters. The molecule has 0 spiro atoms. The maximum absolute atomic E-state index is 5.70. The molecule has 0 fully saturated rings. The molecule has 2 heterocycles. The zero-order valence-electron chi connectivity index (χ0n) is 10.1. The van der Waals surface area contributed by atoms with Crippen molar-refractivity contribution in [2.45, 2.75) is 26.9 Å². The third-order valence-corrected chi connectivity index (χ3v) is 4.75. The molecular formula is C12H17N3S2. The van der Waals surface area contributed by atoms with Crippen LogP contribution in [-0.4, -0.2) is 11.5 Å². The van der Waals surface area contributed by atoms with Crippen LogP contribution in [0.5, 0.6) is 0 Å². The minimum absolute atomic E-state index is 0.583. The van der Waals surface area contributed by atoms with Crippen molar-refractivity contribution in [2.24, 2.45) is 5.73 Å². The number of anilines is 1. The average molecular weight is 267 g/mol. The molecule has 0 aliphatic carbocycles. The monoisotopic (exact) mass is 267 g/mol. The highest BCUT2D eigenvalue weighted by Crippen LogP contribution is 2.27. The van der Waals surface area contributed by atoms with Crippen molar-refractivity contribution in [3.05, 3.63) is 33.0 Å². The molecule has 0 aliphatic heterocycles. The van der Waals surface area contributed by atoms with E-state index in [0.29, 0.717) is 6.54 Å². The molecule has 0 aromatic carbocycles. The molecule has 92 valence electrons. The Bertz CT molecular complexity index is 462. The van der Waals surface area contributed by atoms with E-state index in [1.54, 1.807) is 22.7 Å². The number of aryl methyl sites for hydroxylation is 1. The van der Waals surface area contributed by atoms with Crippen LogP contribution >= 0.6 is 22.7 Å². The number of aromatic nitrogens is 1. The second-order valence-electron chi connectivity index (χ2n) is 3.80. The Morgan fingerprint density at radius 2 is 2.29 bits per heavy atom. The van der Waals surface area contributed by atoms with Crippen LogP contribution in [0.2, 0.25) is 0 Å². The van der Waals surface area contributed by atoms with E-state index in [1.807, 2.05) is 6.92 Å². The fourth-order valence-electron chi connectivity index (χ4n) is 1.64. The molecule has 0 aliphatic rings. The van der Waals surface area contributed by atoms with Crippen LogP contribution in [0.15, 0.2) is 17.5 Å². The van der Waals surface area contributed by atoms with Gasteiger partial charge in [0.1, 0.15) is 0 Å². The third-order valence-electron chi connectivity index (χ3n) is 2.65. The van der Waals surface area contributed by atoms with E-state index in [0.717, 1.165) is 23.9 Å². The van der Waals surface area contributed by atoms with Crippen molar-refractivity contribution < 1.29 is 0 Å². The number of thiophene rings is 1. The van der Waals surface area contributed by atoms with Crippen molar-refractivity contribution in [3.8, 4) is 0 Å². The Balaban J connectivity index is 2.17. The molecule has 2 N–H and O–H groups in total. The molecule has 2 aromatic heterocycles. The van der Waals surface area contributed by atoms with Gasteiger partial charge in [0, 0.05) is 22.8 Å². The summed E-state index contributed by atoms with van der Waals surface area (Å²) in [6.07, 6.45) is 0. The van der Waals surface area contributed by atoms with Gasteiger partial charge in [-0.1, -0.05) is 6.07 Å². The first-order chi connectivity index (χ1) is 8.24. The molecule has 2 rings (SSSR count). The fraction of sp³-hybridized carbons (Fsp3) is 0.417. The standard InChI is InChI=1S/C12H17N3S2/c1-3-15(8-10-5-4-6-16-10)12-14-9(2)11(7-13)17-12/h4-6H,3,7-8,13H2,1-2H3. The first-order valence-electron chi connectivity index (χ1n) is 5.68. The van der Waals surface area contributed by atoms with Gasteiger partial charge in [0.05, 0.1) is 12.2 Å². The second-order valence-corrected chi connectivity index (χ2v) is 5.90. The fourth-order valence-corrected chi connectivity index (χ4v) is 3.36. The number of hydrogen-bond donors (Lipinski definition) is 1. The summed E-state index contributed by atoms with van der Waals surface area (Å²) in [6.45, 7) is 6.67. The Morgan fingerprint density at radius 1 is 1.47 bits per heavy atom. The van der Waals surface area contributed by atoms with Crippen LogP contribution in [0.25, 0.3) is 0 Å². The summed E-state index contributed by atoms with van der Waals surface area (Å²) < 4.78 is 0. The van der Waals surface area contributed by atoms with E-state index in [1.165, 1.54) is 9.75 Å². The first-order valence-corrected chi connectivity index (χ1v) is 7.38. The predicted molar refractivity (Wildman–Crippen MR) is 75.8 cm³/mol. The highest BCUT2D eigenvalue weighted by molar-refractivity contribution is 7.15. The van der Waals surface area contributed by atoms with Crippen molar-refractivity contribution in [1.82, 2.24) is 4.98 Å². The van der Waals surface area contributed by atoms with Crippen molar-refractivity contribution in [1.29, 1.82) is 0 Å². The van der Waals surface area contributed by atoms with Gasteiger partial charge in [-0.25, -0.2) is 4.98 Å². The van der Waals surface area contributed by atoms with E-state index >= 15 is 0 Å². The van der Waals surface area contributed by atoms with Crippen LogP contribution < -0.4 is 10.6 Å². The summed E-state index contributed by atoms with van der Waals surface area (Å²) >= 11 is 3.50. The summed E-state index contributed by atoms with van der Waals surface area (Å²) in [6, 6.07) is 4.25. The summed E-state index contributed by atoms with van der Waals surface area (Å²) in [5.41, 5.74) is 6.76. The molecule has 3 nitrogen and oxygen atoms in total. The summed E-state index contributed by atoms with van der Waals surface area (Å²) in [4.78, 5) is 9.45. The number of thiazole rings is 1. The lowest BCUT2D eigenvalue weighted by Gasteiger charge is -2.18. The molecule has 0 saturated heterocycles. The Labute approximate surface area is 110 Å². The molecule has 0 saturated carbocycles. The van der Waals surface area contributed by atoms with E-state index in [2.05, 4.69) is 34.3 Å². The number of nitrogens with two attached hydrogens (primary N) is 1. The lowest BCUT2D eigenvalue weighted by atomic mass is 10.4. The number of rotatable bonds is 5. The molecule has 17 heavy (non-hydrogen) atoms. The SMILES string of the molecule is CCN(Cc1cccs1)c1nc(C)c(CN)s1. The molecular weight excluding hydrogens is 250 g/mol. The molecule has 5 heteroatoms. The molecule has 0 radical (unpaired) electrons. The van der Waals surface area contributed by atoms with E-state index in [-0.39, 0.29) is 0 Å². The number of hydrogen-bond acceptors (Lipinski definition) is 5. The van der Waals surface area contributed by atoms with Gasteiger partial charge < -0.3 is 10.6 Å². The summed E-state index contributed by atoms with van der Waals surface area (Å²) in [7, 11) is 0. The van der Waals surface area contributed by atoms with Gasteiger partial charge in [-0.3, -0.25) is 0 Å². The van der Waals surface area contributed by atoms with E-state index < -0.39 is 0 Å². The predicted octanol–water partition coefficient (Wildman–Crippen LogP) is 3.00. The van der Waals surface area contributed by atoms with Crippen molar-refractivity contribution >= 4 is 27.8 Å². The Hall–Kier alpha value is -0.910. The van der Waals surface area contributed by atoms with Crippen LogP contribution in [0, 0.1) is 6.92 Å². The normalized spacial score (nSPS) is 10.8. The Morgan fingerprint density at radius 3 is 2.82 bits per heavy atom. The van der Waals surface area contributed by atoms with Crippen molar-refractivity contribution in [3.63, 3.8) is 0 Å². The van der Waals surface area contributed by atoms with Crippen LogP contribution in [0.3, 0.4) is 0 Å². The van der Waals surface area contributed by atoms with E-state index in [4.69, 9.17) is 5.73 Å². The Kier molecular flexibility index (Phi) is 4.15. The maximum atomic E-state index is 5.70. The summed E-state index contributed by atoms with van der Waals surface area (Å²) in [5.74, 6) is 0. The average Bonchev–Trinajstić information content (AvgIpc) is 2.95. The minimum Gasteiger partial charge on any atom is -0.343 e. The third kappa shape index (κ3) is 2.86. The van der Waals surface area contributed by atoms with Gasteiger partial charge in [0.2, 0.25) is 0 Å². The molecule has 0 amide bonds. The van der Waals surface area contributed by atoms with Gasteiger partial charge in [-0.2, -0.15) is 0 Å². The molecule has 0 bridgehead atoms. The zero-order chi connectivity index (χ0) is 12.3. The van der Waals surface area contributed by atoms with E-state index in [9.17, 15) is 0 Å². The lowest BCUT2D eigenvalue weighted by molar-refractivity contribution is 0.834. The van der Waals surface area contributed by atoms with Gasteiger partial charge in [0.25, 0.3) is 0 Å². The van der Waals surface area contributed by atoms with Gasteiger partial charge >= 0.3 is 0 Å². The van der Waals surface area contributed by atoms with Crippen LogP contribution in [-0.2, 0) is 13.1 Å². The molecule has 0 unspecified atom stereocenters. The largest absolute Gasteiger partial charge is 0.343 e. The van der Waals surface area contributed by atoms with Gasteiger partial charge in [0.15, 0.2) is 5.13 Å². The van der Waals surface area contributed by atoms with Crippen LogP contribution in [0.4, 0.5) is 5.13 Å². The topological polar surface area (TPSA) is 42.2 Å². The minimum atomic E-state index is 0.583. The highest BCUT2D eigenvalue weighted by Gasteiger charge is 2.12. The van der Waals surface area contributed by atoms with Gasteiger partial charge in [-0.15, -0.1) is 22.7 Å². The second kappa shape index (κ2) is 5.62. The van der Waals surface area contributed by atoms with Crippen LogP contribution in [0.1, 0.15) is 22.4 Å². The first kappa shape index (κ1) is 12.5. The molecule has 2 aromatic rings. The van der Waals surface area contributed by atoms with Gasteiger partial charge in [-0.05, 0) is 25.3 Å². The summed E-state index contributed by atoms with van der Waals surface area (Å²) in [5, 5.41) is 3.19. The number of nitrogens with zero attached hydrogens (tertiary/aromatic N) is 2. The quantitative estimate of drug-likeness (QED) is 0.905. The lowest BCUT2D eigenvalue weighted by Crippen LogP contribution is -2.21. The maximum Gasteiger partial charge on any atom is 0.186 e. The smallest absolute Gasteiger partial charge is 0.186 e. The highest BCUT2D eigenvalue weighted by atomic mass is 32.1. The zero-order valence-corrected chi connectivity index (χ0v) is 11.8.